The number of nitrogens with zero attached hydrogens (tertiary/aromatic N) is 3. The number of benzene rings is 1. The number of hydrogen-bond acceptors (Lipinski definition) is 6. The van der Waals surface area contributed by atoms with Crippen LogP contribution in [0.15, 0.2) is 24.4 Å². The number of aliphatic hydroxyl groups is 1. The number of rotatable bonds is 5. The molecule has 5 aliphatic rings. The number of likely N-dealkylation sites (N-methyl/N-ethyl adjacent to an activating group) is 1. The number of aromatic amines is 1. The average Bonchev–Trinajstić information content (AvgIpc) is 3.65. The number of hydrogen-bond donors (Lipinski definition) is 3. The minimum Gasteiger partial charge on any atom is -0.361 e. The fourth-order valence-corrected chi connectivity index (χ4v) is 8.63. The van der Waals surface area contributed by atoms with E-state index in [4.69, 9.17) is 4.74 Å². The minimum atomic E-state index is -1.99. The Morgan fingerprint density at radius 1 is 1.24 bits per heavy atom. The van der Waals surface area contributed by atoms with E-state index in [1.807, 2.05) is 27.7 Å². The molecule has 0 radical (unpaired) electrons. The molecule has 5 heterocycles. The first-order valence-corrected chi connectivity index (χ1v) is 15.6. The van der Waals surface area contributed by atoms with Gasteiger partial charge in [0.25, 0.3) is 11.8 Å². The Morgan fingerprint density at radius 2 is 2.02 bits per heavy atom. The quantitative estimate of drug-likeness (QED) is 0.503. The summed E-state index contributed by atoms with van der Waals surface area (Å²) in [4.78, 5) is 50.8. The van der Waals surface area contributed by atoms with Crippen LogP contribution in [0.5, 0.6) is 0 Å². The summed E-state index contributed by atoms with van der Waals surface area (Å²) in [7, 11) is 2.07. The lowest BCUT2D eigenvalue weighted by molar-refractivity contribution is -0.322. The van der Waals surface area contributed by atoms with Gasteiger partial charge in [0.15, 0.2) is 0 Å². The first-order valence-electron chi connectivity index (χ1n) is 15.6. The molecular formula is C32H43N5O5. The largest absolute Gasteiger partial charge is 0.361 e. The zero-order valence-corrected chi connectivity index (χ0v) is 25.2. The molecular weight excluding hydrogens is 534 g/mol. The summed E-state index contributed by atoms with van der Waals surface area (Å²) in [5.74, 6) is -3.48. The summed E-state index contributed by atoms with van der Waals surface area (Å²) in [6.45, 7) is 8.73. The Bertz CT molecular complexity index is 1450. The third-order valence-corrected chi connectivity index (χ3v) is 10.7. The van der Waals surface area contributed by atoms with Crippen LogP contribution in [0, 0.1) is 17.8 Å². The number of amides is 3. The second-order valence-electron chi connectivity index (χ2n) is 14.0. The van der Waals surface area contributed by atoms with E-state index in [0.717, 1.165) is 18.4 Å². The zero-order chi connectivity index (χ0) is 29.7. The highest BCUT2D eigenvalue weighted by atomic mass is 16.7. The Balaban J connectivity index is 1.20. The molecule has 1 aromatic heterocycles. The molecule has 1 aliphatic carbocycles. The van der Waals surface area contributed by atoms with Gasteiger partial charge in [0.1, 0.15) is 12.1 Å². The lowest BCUT2D eigenvalue weighted by atomic mass is 9.72. The molecule has 7 atom stereocenters. The monoisotopic (exact) mass is 577 g/mol. The Labute approximate surface area is 246 Å². The van der Waals surface area contributed by atoms with Gasteiger partial charge >= 0.3 is 0 Å². The third-order valence-electron chi connectivity index (χ3n) is 10.7. The van der Waals surface area contributed by atoms with Crippen LogP contribution in [-0.2, 0) is 25.5 Å². The number of aromatic nitrogens is 1. The van der Waals surface area contributed by atoms with Crippen molar-refractivity contribution in [2.24, 2.45) is 17.8 Å². The van der Waals surface area contributed by atoms with E-state index in [9.17, 15) is 19.5 Å². The molecule has 10 heteroatoms. The summed E-state index contributed by atoms with van der Waals surface area (Å²) < 4.78 is 6.45. The SMILES string of the molecule is CC(C)C[C@@H]1C(=O)N2CCC[C@@H]2[C@]2(O)O[C@](NC(=O)[C@@H]3C[C@H]4c5cccc6[nH]cc(c56)C[C@H]4N(C)C3)(C(C)C)C(=O)N12. The summed E-state index contributed by atoms with van der Waals surface area (Å²) >= 11 is 0. The molecule has 0 bridgehead atoms. The lowest BCUT2D eigenvalue weighted by Crippen LogP contribution is -2.71. The first kappa shape index (κ1) is 27.9. The summed E-state index contributed by atoms with van der Waals surface area (Å²) in [5, 5.41) is 16.4. The molecule has 3 amide bonds. The minimum absolute atomic E-state index is 0.116. The molecule has 0 spiro atoms. The number of fused-ring (bicyclic) bond motifs is 5. The number of carbonyl (C=O) groups excluding carboxylic acids is 3. The molecule has 0 saturated carbocycles. The van der Waals surface area contributed by atoms with Crippen LogP contribution in [0.2, 0.25) is 0 Å². The fraction of sp³-hybridized carbons (Fsp3) is 0.656. The highest BCUT2D eigenvalue weighted by Gasteiger charge is 2.72. The molecule has 226 valence electrons. The zero-order valence-electron chi connectivity index (χ0n) is 25.2. The van der Waals surface area contributed by atoms with Gasteiger partial charge in [-0.15, -0.1) is 0 Å². The molecule has 3 N–H and O–H groups in total. The number of likely N-dealkylation sites (tertiary alicyclic amines) is 1. The van der Waals surface area contributed by atoms with Crippen molar-refractivity contribution in [1.82, 2.24) is 25.0 Å². The maximum atomic E-state index is 14.4. The first-order chi connectivity index (χ1) is 20.0. The van der Waals surface area contributed by atoms with Crippen molar-refractivity contribution in [2.75, 3.05) is 20.1 Å². The average molecular weight is 578 g/mol. The normalized spacial score (nSPS) is 36.1. The van der Waals surface area contributed by atoms with Gasteiger partial charge in [-0.1, -0.05) is 39.8 Å². The number of nitrogens with one attached hydrogen (secondary N) is 2. The van der Waals surface area contributed by atoms with Crippen LogP contribution in [0.1, 0.15) is 70.4 Å². The van der Waals surface area contributed by atoms with Crippen molar-refractivity contribution >= 4 is 28.6 Å². The lowest BCUT2D eigenvalue weighted by Gasteiger charge is -2.49. The van der Waals surface area contributed by atoms with Gasteiger partial charge in [-0.25, -0.2) is 0 Å². The van der Waals surface area contributed by atoms with Crippen molar-refractivity contribution in [1.29, 1.82) is 0 Å². The van der Waals surface area contributed by atoms with E-state index >= 15 is 0 Å². The molecule has 42 heavy (non-hydrogen) atoms. The number of piperazine rings is 1. The summed E-state index contributed by atoms with van der Waals surface area (Å²) in [6.07, 6.45) is 5.36. The van der Waals surface area contributed by atoms with E-state index in [-0.39, 0.29) is 35.6 Å². The maximum absolute atomic E-state index is 14.4. The van der Waals surface area contributed by atoms with Gasteiger partial charge in [0.05, 0.1) is 5.92 Å². The standard InChI is InChI=1S/C32H43N5O5/c1-17(2)12-25-29(39)36-11-7-10-26(36)32(41)37(25)30(40)31(42-32,18(3)4)34-28(38)20-13-22-21-8-6-9-23-27(21)19(15-33-23)14-24(22)35(5)16-20/h6,8-9,15,17-18,20,22,24-26,33,41H,7,10-14,16H2,1-5H3,(H,34,38)/t20-,22+,24-,25-,26-,31-,32+/m1/s1. The van der Waals surface area contributed by atoms with E-state index in [1.54, 1.807) is 4.90 Å². The second kappa shape index (κ2) is 9.53. The fourth-order valence-electron chi connectivity index (χ4n) is 8.63. The predicted octanol–water partition coefficient (Wildman–Crippen LogP) is 2.52. The summed E-state index contributed by atoms with van der Waals surface area (Å²) in [5.41, 5.74) is 1.93. The van der Waals surface area contributed by atoms with E-state index in [2.05, 4.69) is 46.6 Å². The van der Waals surface area contributed by atoms with Crippen molar-refractivity contribution in [3.63, 3.8) is 0 Å². The Hall–Kier alpha value is -2.95. The molecule has 1 aromatic carbocycles. The van der Waals surface area contributed by atoms with E-state index < -0.39 is 35.5 Å². The van der Waals surface area contributed by atoms with Crippen molar-refractivity contribution in [3.8, 4) is 0 Å². The summed E-state index contributed by atoms with van der Waals surface area (Å²) in [6, 6.07) is 5.13. The number of ether oxygens (including phenoxy) is 1. The Kier molecular flexibility index (Phi) is 6.32. The van der Waals surface area contributed by atoms with Gasteiger partial charge < -0.3 is 25.2 Å². The van der Waals surface area contributed by atoms with Gasteiger partial charge in [0.2, 0.25) is 17.5 Å². The van der Waals surface area contributed by atoms with Gasteiger partial charge in [-0.2, -0.15) is 0 Å². The van der Waals surface area contributed by atoms with Gasteiger partial charge in [0, 0.05) is 48.1 Å². The van der Waals surface area contributed by atoms with Crippen LogP contribution < -0.4 is 5.32 Å². The number of H-pyrrole nitrogens is 1. The predicted molar refractivity (Wildman–Crippen MR) is 156 cm³/mol. The molecule has 4 saturated heterocycles. The topological polar surface area (TPSA) is 118 Å². The maximum Gasteiger partial charge on any atom is 0.281 e. The molecule has 2 aromatic rings. The van der Waals surface area contributed by atoms with Gasteiger partial charge in [-0.05, 0) is 62.3 Å². The van der Waals surface area contributed by atoms with Crippen molar-refractivity contribution in [3.05, 3.63) is 35.5 Å². The molecule has 10 nitrogen and oxygen atoms in total. The van der Waals surface area contributed by atoms with Crippen molar-refractivity contribution in [2.45, 2.75) is 95.5 Å². The highest BCUT2D eigenvalue weighted by Crippen LogP contribution is 2.49. The van der Waals surface area contributed by atoms with Crippen molar-refractivity contribution < 1.29 is 24.2 Å². The van der Waals surface area contributed by atoms with E-state index in [0.29, 0.717) is 32.4 Å². The van der Waals surface area contributed by atoms with Crippen LogP contribution in [0.25, 0.3) is 10.9 Å². The van der Waals surface area contributed by atoms with Crippen LogP contribution in [0.3, 0.4) is 0 Å². The Morgan fingerprint density at radius 3 is 2.76 bits per heavy atom. The molecule has 0 unspecified atom stereocenters. The molecule has 4 aliphatic heterocycles. The number of piperidine rings is 1. The van der Waals surface area contributed by atoms with E-state index in [1.165, 1.54) is 21.4 Å². The van der Waals surface area contributed by atoms with Crippen LogP contribution in [0.4, 0.5) is 0 Å². The second-order valence-corrected chi connectivity index (χ2v) is 14.0. The smallest absolute Gasteiger partial charge is 0.281 e. The number of carbonyl (C=O) groups is 3. The molecule has 4 fully saturated rings. The third kappa shape index (κ3) is 3.77. The highest BCUT2D eigenvalue weighted by molar-refractivity contribution is 5.97. The molecule has 7 rings (SSSR count). The van der Waals surface area contributed by atoms with Crippen LogP contribution in [-0.4, -0.2) is 92.4 Å². The van der Waals surface area contributed by atoms with Gasteiger partial charge in [-0.3, -0.25) is 24.0 Å². The van der Waals surface area contributed by atoms with Crippen LogP contribution >= 0.6 is 0 Å².